The lowest BCUT2D eigenvalue weighted by Gasteiger charge is -2.12. The first kappa shape index (κ1) is 13.0. The van der Waals surface area contributed by atoms with Crippen LogP contribution in [0.2, 0.25) is 0 Å². The summed E-state index contributed by atoms with van der Waals surface area (Å²) in [6.45, 7) is 1.58. The first-order chi connectivity index (χ1) is 7.90. The smallest absolute Gasteiger partial charge is 0.255 e. The predicted octanol–water partition coefficient (Wildman–Crippen LogP) is 0.525. The van der Waals surface area contributed by atoms with Gasteiger partial charge >= 0.3 is 0 Å². The van der Waals surface area contributed by atoms with Crippen LogP contribution in [-0.4, -0.2) is 23.0 Å². The van der Waals surface area contributed by atoms with Gasteiger partial charge in [0.15, 0.2) is 0 Å². The molecule has 0 fully saturated rings. The van der Waals surface area contributed by atoms with Gasteiger partial charge in [-0.25, -0.2) is 4.39 Å². The van der Waals surface area contributed by atoms with Crippen LogP contribution in [0, 0.1) is 5.82 Å². The zero-order chi connectivity index (χ0) is 13.0. The highest BCUT2D eigenvalue weighted by molar-refractivity contribution is 5.97. The van der Waals surface area contributed by atoms with Gasteiger partial charge < -0.3 is 16.2 Å². The fourth-order valence-corrected chi connectivity index (χ4v) is 1.34. The molecule has 1 aromatic rings. The number of benzene rings is 1. The number of phenolic OH excluding ortho intramolecular Hbond substituents is 1. The second-order valence-corrected chi connectivity index (χ2v) is 3.71. The van der Waals surface area contributed by atoms with Crippen LogP contribution in [0.3, 0.4) is 0 Å². The average Bonchev–Trinajstić information content (AvgIpc) is 2.20. The van der Waals surface area contributed by atoms with Crippen molar-refractivity contribution in [3.63, 3.8) is 0 Å². The minimum Gasteiger partial charge on any atom is -0.507 e. The second-order valence-electron chi connectivity index (χ2n) is 3.71. The van der Waals surface area contributed by atoms with Gasteiger partial charge in [0, 0.05) is 12.5 Å². The Balaban J connectivity index is 2.76. The molecule has 0 heterocycles. The van der Waals surface area contributed by atoms with Crippen molar-refractivity contribution < 1.29 is 19.1 Å². The van der Waals surface area contributed by atoms with Crippen LogP contribution in [0.25, 0.3) is 0 Å². The van der Waals surface area contributed by atoms with Crippen molar-refractivity contribution in [3.8, 4) is 5.75 Å². The Labute approximate surface area is 97.4 Å². The van der Waals surface area contributed by atoms with Crippen LogP contribution in [0.1, 0.15) is 23.7 Å². The molecule has 0 aromatic heterocycles. The number of halogens is 1. The van der Waals surface area contributed by atoms with E-state index in [4.69, 9.17) is 5.73 Å². The Morgan fingerprint density at radius 2 is 2.18 bits per heavy atom. The molecule has 1 atom stereocenters. The molecule has 6 heteroatoms. The molecular formula is C11H13FN2O3. The fraction of sp³-hybridized carbons (Fsp3) is 0.273. The largest absolute Gasteiger partial charge is 0.507 e. The first-order valence-electron chi connectivity index (χ1n) is 4.98. The molecule has 1 aromatic carbocycles. The number of carbonyl (C=O) groups excluding carboxylic acids is 2. The third-order valence-electron chi connectivity index (χ3n) is 2.09. The minimum atomic E-state index is -0.657. The van der Waals surface area contributed by atoms with Crippen molar-refractivity contribution in [1.82, 2.24) is 5.32 Å². The third-order valence-corrected chi connectivity index (χ3v) is 2.09. The lowest BCUT2D eigenvalue weighted by Crippen LogP contribution is -2.35. The van der Waals surface area contributed by atoms with Gasteiger partial charge in [0.05, 0.1) is 5.56 Å². The van der Waals surface area contributed by atoms with Gasteiger partial charge in [0.2, 0.25) is 5.91 Å². The molecule has 1 unspecified atom stereocenters. The van der Waals surface area contributed by atoms with Crippen LogP contribution >= 0.6 is 0 Å². The number of amides is 2. The summed E-state index contributed by atoms with van der Waals surface area (Å²) in [5, 5.41) is 11.8. The maximum Gasteiger partial charge on any atom is 0.255 e. The number of rotatable bonds is 4. The molecule has 92 valence electrons. The number of hydrogen-bond acceptors (Lipinski definition) is 3. The van der Waals surface area contributed by atoms with E-state index in [1.54, 1.807) is 6.92 Å². The number of nitrogens with two attached hydrogens (primary N) is 1. The molecule has 0 radical (unpaired) electrons. The van der Waals surface area contributed by atoms with Crippen LogP contribution in [0.15, 0.2) is 18.2 Å². The minimum absolute atomic E-state index is 0.0260. The van der Waals surface area contributed by atoms with Gasteiger partial charge in [-0.05, 0) is 25.1 Å². The quantitative estimate of drug-likeness (QED) is 0.716. The van der Waals surface area contributed by atoms with E-state index >= 15 is 0 Å². The summed E-state index contributed by atoms with van der Waals surface area (Å²) >= 11 is 0. The van der Waals surface area contributed by atoms with Crippen molar-refractivity contribution in [3.05, 3.63) is 29.6 Å². The lowest BCUT2D eigenvalue weighted by molar-refractivity contribution is -0.118. The molecule has 0 bridgehead atoms. The molecular weight excluding hydrogens is 227 g/mol. The molecule has 1 rings (SSSR count). The van der Waals surface area contributed by atoms with Gasteiger partial charge in [0.1, 0.15) is 11.6 Å². The summed E-state index contributed by atoms with van der Waals surface area (Å²) in [5.74, 6) is -2.16. The molecule has 0 saturated heterocycles. The van der Waals surface area contributed by atoms with Crippen molar-refractivity contribution in [2.24, 2.45) is 5.73 Å². The molecule has 4 N–H and O–H groups in total. The van der Waals surface area contributed by atoms with Crippen LogP contribution in [0.5, 0.6) is 5.75 Å². The predicted molar refractivity (Wildman–Crippen MR) is 58.8 cm³/mol. The Bertz CT molecular complexity index is 448. The Morgan fingerprint density at radius 3 is 2.76 bits per heavy atom. The number of nitrogens with one attached hydrogen (secondary N) is 1. The summed E-state index contributed by atoms with van der Waals surface area (Å²) in [4.78, 5) is 22.2. The highest BCUT2D eigenvalue weighted by Gasteiger charge is 2.15. The molecule has 0 spiro atoms. The van der Waals surface area contributed by atoms with E-state index in [0.717, 1.165) is 18.2 Å². The summed E-state index contributed by atoms with van der Waals surface area (Å²) < 4.78 is 12.9. The van der Waals surface area contributed by atoms with Gasteiger partial charge in [0.25, 0.3) is 5.91 Å². The van der Waals surface area contributed by atoms with E-state index in [0.29, 0.717) is 0 Å². The average molecular weight is 240 g/mol. The molecule has 2 amide bonds. The maximum atomic E-state index is 12.9. The topological polar surface area (TPSA) is 92.4 Å². The number of aromatic hydroxyl groups is 1. The molecule has 0 aliphatic rings. The van der Waals surface area contributed by atoms with Gasteiger partial charge in [-0.2, -0.15) is 0 Å². The number of phenols is 1. The lowest BCUT2D eigenvalue weighted by atomic mass is 10.1. The Kier molecular flexibility index (Phi) is 4.03. The number of carbonyl (C=O) groups is 2. The third kappa shape index (κ3) is 3.75. The fourth-order valence-electron chi connectivity index (χ4n) is 1.34. The SMILES string of the molecule is CC(CC(N)=O)NC(=O)c1cc(F)ccc1O. The first-order valence-corrected chi connectivity index (χ1v) is 4.98. The summed E-state index contributed by atoms with van der Waals surface area (Å²) in [5.41, 5.74) is 4.78. The second kappa shape index (κ2) is 5.29. The zero-order valence-corrected chi connectivity index (χ0v) is 9.24. The standard InChI is InChI=1S/C11H13FN2O3/c1-6(4-10(13)16)14-11(17)8-5-7(12)2-3-9(8)15/h2-3,5-6,15H,4H2,1H3,(H2,13,16)(H,14,17). The van der Waals surface area contributed by atoms with E-state index in [9.17, 15) is 19.1 Å². The molecule has 0 aliphatic carbocycles. The van der Waals surface area contributed by atoms with Crippen molar-refractivity contribution in [1.29, 1.82) is 0 Å². The van der Waals surface area contributed by atoms with E-state index in [2.05, 4.69) is 5.32 Å². The molecule has 5 nitrogen and oxygen atoms in total. The van der Waals surface area contributed by atoms with Crippen LogP contribution in [-0.2, 0) is 4.79 Å². The highest BCUT2D eigenvalue weighted by Crippen LogP contribution is 2.17. The Hall–Kier alpha value is -2.11. The van der Waals surface area contributed by atoms with E-state index in [1.165, 1.54) is 0 Å². The number of primary amides is 1. The Morgan fingerprint density at radius 1 is 1.53 bits per heavy atom. The van der Waals surface area contributed by atoms with Gasteiger partial charge in [-0.1, -0.05) is 0 Å². The monoisotopic (exact) mass is 240 g/mol. The molecule has 17 heavy (non-hydrogen) atoms. The summed E-state index contributed by atoms with van der Waals surface area (Å²) in [6, 6.07) is 2.56. The molecule has 0 aliphatic heterocycles. The maximum absolute atomic E-state index is 12.9. The van der Waals surface area contributed by atoms with Crippen molar-refractivity contribution in [2.75, 3.05) is 0 Å². The van der Waals surface area contributed by atoms with Crippen LogP contribution in [0.4, 0.5) is 4.39 Å². The van der Waals surface area contributed by atoms with Gasteiger partial charge in [-0.15, -0.1) is 0 Å². The van der Waals surface area contributed by atoms with Crippen molar-refractivity contribution >= 4 is 11.8 Å². The normalized spacial score (nSPS) is 11.9. The highest BCUT2D eigenvalue weighted by atomic mass is 19.1. The summed E-state index contributed by atoms with van der Waals surface area (Å²) in [6.07, 6.45) is -0.0260. The zero-order valence-electron chi connectivity index (χ0n) is 9.24. The van der Waals surface area contributed by atoms with Gasteiger partial charge in [-0.3, -0.25) is 9.59 Å². The van der Waals surface area contributed by atoms with Crippen LogP contribution < -0.4 is 11.1 Å². The van der Waals surface area contributed by atoms with E-state index in [-0.39, 0.29) is 17.7 Å². The van der Waals surface area contributed by atoms with E-state index < -0.39 is 23.7 Å². The number of hydrogen-bond donors (Lipinski definition) is 3. The van der Waals surface area contributed by atoms with Crippen molar-refractivity contribution in [2.45, 2.75) is 19.4 Å². The van der Waals surface area contributed by atoms with E-state index in [1.807, 2.05) is 0 Å². The molecule has 0 saturated carbocycles. The summed E-state index contributed by atoms with van der Waals surface area (Å²) in [7, 11) is 0.